The fourth-order valence-corrected chi connectivity index (χ4v) is 3.02. The van der Waals surface area contributed by atoms with E-state index in [2.05, 4.69) is 10.2 Å². The molecule has 0 atom stereocenters. The van der Waals surface area contributed by atoms with Gasteiger partial charge >= 0.3 is 0 Å². The number of nitrogens with zero attached hydrogens (tertiary/aromatic N) is 1. The van der Waals surface area contributed by atoms with Crippen LogP contribution in [0, 0.1) is 0 Å². The average Bonchev–Trinajstić information content (AvgIpc) is 2.76. The normalized spacial score (nSPS) is 14.9. The third-order valence-electron chi connectivity index (χ3n) is 4.59. The molecule has 0 aliphatic carbocycles. The Morgan fingerprint density at radius 3 is 2.75 bits per heavy atom. The van der Waals surface area contributed by atoms with Crippen molar-refractivity contribution in [3.05, 3.63) is 71.8 Å². The van der Waals surface area contributed by atoms with Gasteiger partial charge in [0.1, 0.15) is 12.4 Å². The van der Waals surface area contributed by atoms with Gasteiger partial charge in [-0.15, -0.1) is 0 Å². The predicted octanol–water partition coefficient (Wildman–Crippen LogP) is 3.12. The molecule has 1 N–H and O–H groups in total. The maximum Gasteiger partial charge on any atom is 0.243 e. The van der Waals surface area contributed by atoms with Crippen LogP contribution in [0.15, 0.2) is 60.7 Å². The van der Waals surface area contributed by atoms with E-state index in [1.807, 2.05) is 60.7 Å². The molecule has 0 spiro atoms. The number of carbonyl (C=O) groups is 1. The molecule has 2 aromatic carbocycles. The van der Waals surface area contributed by atoms with Gasteiger partial charge in [0.2, 0.25) is 5.91 Å². The third-order valence-corrected chi connectivity index (χ3v) is 4.59. The summed E-state index contributed by atoms with van der Waals surface area (Å²) in [5, 5.41) is 2.94. The predicted molar refractivity (Wildman–Crippen MR) is 111 cm³/mol. The van der Waals surface area contributed by atoms with E-state index < -0.39 is 0 Å². The summed E-state index contributed by atoms with van der Waals surface area (Å²) in [7, 11) is 0. The highest BCUT2D eigenvalue weighted by Crippen LogP contribution is 2.16. The van der Waals surface area contributed by atoms with E-state index in [0.29, 0.717) is 13.2 Å². The van der Waals surface area contributed by atoms with Crippen LogP contribution in [0.2, 0.25) is 0 Å². The number of benzene rings is 2. The first kappa shape index (κ1) is 20.1. The van der Waals surface area contributed by atoms with Crippen LogP contribution in [0.5, 0.6) is 5.75 Å². The first-order valence-electron chi connectivity index (χ1n) is 9.82. The zero-order valence-electron chi connectivity index (χ0n) is 16.2. The molecule has 0 bridgehead atoms. The maximum absolute atomic E-state index is 12.0. The van der Waals surface area contributed by atoms with E-state index in [0.717, 1.165) is 56.1 Å². The largest absolute Gasteiger partial charge is 0.489 e. The first-order valence-corrected chi connectivity index (χ1v) is 9.82. The van der Waals surface area contributed by atoms with Crippen molar-refractivity contribution in [2.75, 3.05) is 39.4 Å². The van der Waals surface area contributed by atoms with E-state index >= 15 is 0 Å². The van der Waals surface area contributed by atoms with Crippen molar-refractivity contribution in [1.82, 2.24) is 10.2 Å². The molecule has 3 rings (SSSR count). The fraction of sp³-hybridized carbons (Fsp3) is 0.348. The van der Waals surface area contributed by atoms with E-state index in [1.165, 1.54) is 0 Å². The highest BCUT2D eigenvalue weighted by molar-refractivity contribution is 5.91. The molecule has 5 nitrogen and oxygen atoms in total. The molecule has 1 fully saturated rings. The van der Waals surface area contributed by atoms with Crippen LogP contribution in [-0.2, 0) is 16.1 Å². The van der Waals surface area contributed by atoms with Gasteiger partial charge in [0.25, 0.3) is 0 Å². The number of hydrogen-bond donors (Lipinski definition) is 1. The lowest BCUT2D eigenvalue weighted by atomic mass is 10.2. The van der Waals surface area contributed by atoms with Crippen molar-refractivity contribution in [2.24, 2.45) is 0 Å². The highest BCUT2D eigenvalue weighted by atomic mass is 16.5. The number of hydrogen-bond acceptors (Lipinski definition) is 4. The molecule has 1 amide bonds. The van der Waals surface area contributed by atoms with E-state index in [1.54, 1.807) is 6.08 Å². The Morgan fingerprint density at radius 2 is 1.93 bits per heavy atom. The molecule has 2 aromatic rings. The quantitative estimate of drug-likeness (QED) is 0.536. The summed E-state index contributed by atoms with van der Waals surface area (Å²) in [4.78, 5) is 14.4. The topological polar surface area (TPSA) is 50.8 Å². The Hall–Kier alpha value is -2.63. The molecular weight excluding hydrogens is 352 g/mol. The average molecular weight is 380 g/mol. The van der Waals surface area contributed by atoms with Crippen molar-refractivity contribution in [1.29, 1.82) is 0 Å². The first-order chi connectivity index (χ1) is 13.8. The van der Waals surface area contributed by atoms with Gasteiger partial charge in [-0.3, -0.25) is 9.69 Å². The van der Waals surface area contributed by atoms with Gasteiger partial charge in [0, 0.05) is 25.7 Å². The van der Waals surface area contributed by atoms with Crippen LogP contribution in [0.3, 0.4) is 0 Å². The van der Waals surface area contributed by atoms with Crippen LogP contribution in [-0.4, -0.2) is 50.2 Å². The van der Waals surface area contributed by atoms with Crippen molar-refractivity contribution < 1.29 is 14.3 Å². The van der Waals surface area contributed by atoms with Crippen molar-refractivity contribution in [2.45, 2.75) is 13.0 Å². The number of ether oxygens (including phenoxy) is 2. The maximum atomic E-state index is 12.0. The number of morpholine rings is 1. The van der Waals surface area contributed by atoms with Crippen molar-refractivity contribution in [3.63, 3.8) is 0 Å². The minimum Gasteiger partial charge on any atom is -0.489 e. The van der Waals surface area contributed by atoms with E-state index in [9.17, 15) is 4.79 Å². The van der Waals surface area contributed by atoms with Crippen LogP contribution in [0.4, 0.5) is 0 Å². The van der Waals surface area contributed by atoms with Gasteiger partial charge in [-0.2, -0.15) is 0 Å². The number of nitrogens with one attached hydrogen (secondary N) is 1. The van der Waals surface area contributed by atoms with Crippen LogP contribution < -0.4 is 10.1 Å². The minimum absolute atomic E-state index is 0.0717. The molecule has 1 aliphatic rings. The van der Waals surface area contributed by atoms with Gasteiger partial charge in [0.15, 0.2) is 0 Å². The van der Waals surface area contributed by atoms with Crippen LogP contribution in [0.25, 0.3) is 6.08 Å². The monoisotopic (exact) mass is 380 g/mol. The van der Waals surface area contributed by atoms with Gasteiger partial charge < -0.3 is 14.8 Å². The standard InChI is InChI=1S/C23H28N2O3/c26-23(24-12-5-13-25-14-16-27-17-15-25)11-10-20-8-4-9-22(18-20)28-19-21-6-2-1-3-7-21/h1-4,6-11,18H,5,12-17,19H2,(H,24,26)/b11-10+. The summed E-state index contributed by atoms with van der Waals surface area (Å²) < 4.78 is 11.2. The summed E-state index contributed by atoms with van der Waals surface area (Å²) >= 11 is 0. The molecule has 5 heteroatoms. The Kier molecular flexibility index (Phi) is 8.09. The molecule has 1 saturated heterocycles. The minimum atomic E-state index is -0.0717. The SMILES string of the molecule is O=C(/C=C/c1cccc(OCc2ccccc2)c1)NCCCN1CCOCC1. The Bertz CT molecular complexity index is 755. The second-order valence-electron chi connectivity index (χ2n) is 6.78. The Labute approximate surface area is 167 Å². The molecule has 0 aromatic heterocycles. The second kappa shape index (κ2) is 11.3. The van der Waals surface area contributed by atoms with E-state index in [-0.39, 0.29) is 5.91 Å². The number of carbonyl (C=O) groups excluding carboxylic acids is 1. The lowest BCUT2D eigenvalue weighted by Gasteiger charge is -2.26. The summed E-state index contributed by atoms with van der Waals surface area (Å²) in [5.74, 6) is 0.717. The second-order valence-corrected chi connectivity index (χ2v) is 6.78. The summed E-state index contributed by atoms with van der Waals surface area (Å²) in [6.45, 7) is 5.78. The molecule has 148 valence electrons. The molecular formula is C23H28N2O3. The lowest BCUT2D eigenvalue weighted by molar-refractivity contribution is -0.116. The molecule has 0 radical (unpaired) electrons. The van der Waals surface area contributed by atoms with Crippen LogP contribution >= 0.6 is 0 Å². The molecule has 1 heterocycles. The Morgan fingerprint density at radius 1 is 1.11 bits per heavy atom. The molecule has 28 heavy (non-hydrogen) atoms. The molecule has 1 aliphatic heterocycles. The zero-order valence-corrected chi connectivity index (χ0v) is 16.2. The van der Waals surface area contributed by atoms with Gasteiger partial charge in [-0.1, -0.05) is 42.5 Å². The van der Waals surface area contributed by atoms with Crippen molar-refractivity contribution in [3.8, 4) is 5.75 Å². The van der Waals surface area contributed by atoms with Gasteiger partial charge in [-0.05, 0) is 42.3 Å². The van der Waals surface area contributed by atoms with E-state index in [4.69, 9.17) is 9.47 Å². The molecule has 0 saturated carbocycles. The number of amides is 1. The third kappa shape index (κ3) is 7.18. The summed E-state index contributed by atoms with van der Waals surface area (Å²) in [5.41, 5.74) is 2.06. The fourth-order valence-electron chi connectivity index (χ4n) is 3.02. The zero-order chi connectivity index (χ0) is 19.4. The number of rotatable bonds is 9. The highest BCUT2D eigenvalue weighted by Gasteiger charge is 2.09. The van der Waals surface area contributed by atoms with Crippen molar-refractivity contribution >= 4 is 12.0 Å². The van der Waals surface area contributed by atoms with Crippen LogP contribution in [0.1, 0.15) is 17.5 Å². The Balaban J connectivity index is 1.38. The van der Waals surface area contributed by atoms with Gasteiger partial charge in [0.05, 0.1) is 13.2 Å². The smallest absolute Gasteiger partial charge is 0.243 e. The molecule has 0 unspecified atom stereocenters. The van der Waals surface area contributed by atoms with Gasteiger partial charge in [-0.25, -0.2) is 0 Å². The summed E-state index contributed by atoms with van der Waals surface area (Å²) in [6.07, 6.45) is 4.33. The summed E-state index contributed by atoms with van der Waals surface area (Å²) in [6, 6.07) is 17.8. The lowest BCUT2D eigenvalue weighted by Crippen LogP contribution is -2.38.